The lowest BCUT2D eigenvalue weighted by Crippen LogP contribution is -2.23. The first-order valence-electron chi connectivity index (χ1n) is 5.20. The van der Waals surface area contributed by atoms with Crippen molar-refractivity contribution in [3.63, 3.8) is 0 Å². The van der Waals surface area contributed by atoms with E-state index in [1.165, 1.54) is 17.4 Å². The highest BCUT2D eigenvalue weighted by atomic mass is 79.9. The van der Waals surface area contributed by atoms with Gasteiger partial charge < -0.3 is 5.11 Å². The number of thiophene rings is 1. The van der Waals surface area contributed by atoms with Crippen molar-refractivity contribution < 1.29 is 9.50 Å². The highest BCUT2D eigenvalue weighted by Crippen LogP contribution is 2.32. The van der Waals surface area contributed by atoms with E-state index >= 15 is 0 Å². The predicted molar refractivity (Wildman–Crippen MR) is 71.7 cm³/mol. The van der Waals surface area contributed by atoms with E-state index in [4.69, 9.17) is 0 Å². The Morgan fingerprint density at radius 3 is 2.76 bits per heavy atom. The van der Waals surface area contributed by atoms with Crippen molar-refractivity contribution in [2.45, 2.75) is 18.9 Å². The Labute approximate surface area is 112 Å². The number of hydrogen-bond donors (Lipinski definition) is 1. The van der Waals surface area contributed by atoms with E-state index in [2.05, 4.69) is 15.9 Å². The summed E-state index contributed by atoms with van der Waals surface area (Å²) in [6.45, 7) is 1.75. The molecule has 1 heterocycles. The van der Waals surface area contributed by atoms with E-state index in [0.717, 1.165) is 10.4 Å². The van der Waals surface area contributed by atoms with E-state index in [1.807, 2.05) is 23.6 Å². The lowest BCUT2D eigenvalue weighted by Gasteiger charge is -2.22. The van der Waals surface area contributed by atoms with Crippen LogP contribution in [0.3, 0.4) is 0 Å². The summed E-state index contributed by atoms with van der Waals surface area (Å²) in [4.78, 5) is 0.883. The van der Waals surface area contributed by atoms with Gasteiger partial charge in [0.25, 0.3) is 0 Å². The number of benzene rings is 1. The summed E-state index contributed by atoms with van der Waals surface area (Å²) < 4.78 is 13.8. The molecule has 1 atom stereocenters. The van der Waals surface area contributed by atoms with Gasteiger partial charge in [-0.3, -0.25) is 0 Å². The molecule has 0 radical (unpaired) electrons. The van der Waals surface area contributed by atoms with Crippen molar-refractivity contribution in [1.82, 2.24) is 0 Å². The number of rotatable bonds is 3. The third kappa shape index (κ3) is 2.76. The average Bonchev–Trinajstić information content (AvgIpc) is 2.78. The fourth-order valence-corrected chi connectivity index (χ4v) is 2.92. The molecule has 0 saturated carbocycles. The minimum Gasteiger partial charge on any atom is -0.384 e. The molecule has 4 heteroatoms. The molecule has 0 aliphatic heterocycles. The Hall–Kier alpha value is -0.710. The second-order valence-corrected chi connectivity index (χ2v) is 5.88. The first-order chi connectivity index (χ1) is 8.00. The Kier molecular flexibility index (Phi) is 3.66. The zero-order valence-corrected chi connectivity index (χ0v) is 11.7. The van der Waals surface area contributed by atoms with Crippen molar-refractivity contribution in [1.29, 1.82) is 0 Å². The molecular weight excluding hydrogens is 303 g/mol. The van der Waals surface area contributed by atoms with Gasteiger partial charge in [-0.2, -0.15) is 0 Å². The van der Waals surface area contributed by atoms with Gasteiger partial charge in [-0.1, -0.05) is 18.2 Å². The molecule has 2 rings (SSSR count). The summed E-state index contributed by atoms with van der Waals surface area (Å²) in [5, 5.41) is 12.3. The van der Waals surface area contributed by atoms with Crippen LogP contribution in [0.1, 0.15) is 17.4 Å². The van der Waals surface area contributed by atoms with Crippen molar-refractivity contribution >= 4 is 27.3 Å². The second kappa shape index (κ2) is 4.88. The fourth-order valence-electron chi connectivity index (χ4n) is 1.73. The number of halogens is 2. The summed E-state index contributed by atoms with van der Waals surface area (Å²) >= 11 is 4.71. The van der Waals surface area contributed by atoms with Crippen LogP contribution in [-0.2, 0) is 12.0 Å². The normalized spacial score (nSPS) is 14.6. The molecule has 0 saturated heterocycles. The highest BCUT2D eigenvalue weighted by Gasteiger charge is 2.25. The minimum atomic E-state index is -0.968. The van der Waals surface area contributed by atoms with Crippen LogP contribution in [0.5, 0.6) is 0 Å². The summed E-state index contributed by atoms with van der Waals surface area (Å²) in [5.41, 5.74) is -0.201. The van der Waals surface area contributed by atoms with Crippen molar-refractivity contribution in [2.24, 2.45) is 0 Å². The molecule has 0 spiro atoms. The molecular formula is C13H12BrFOS. The average molecular weight is 315 g/mol. The maximum Gasteiger partial charge on any atom is 0.137 e. The Bertz CT molecular complexity index is 508. The smallest absolute Gasteiger partial charge is 0.137 e. The Morgan fingerprint density at radius 2 is 2.12 bits per heavy atom. The molecule has 17 heavy (non-hydrogen) atoms. The zero-order valence-electron chi connectivity index (χ0n) is 9.28. The fraction of sp³-hybridized carbons (Fsp3) is 0.231. The molecule has 1 aromatic carbocycles. The molecule has 2 aromatic rings. The zero-order chi connectivity index (χ0) is 12.5. The Balaban J connectivity index is 2.29. The van der Waals surface area contributed by atoms with Crippen LogP contribution >= 0.6 is 27.3 Å². The van der Waals surface area contributed by atoms with E-state index in [9.17, 15) is 9.50 Å². The molecule has 0 aliphatic rings. The predicted octanol–water partition coefficient (Wildman–Crippen LogP) is 4.10. The van der Waals surface area contributed by atoms with Gasteiger partial charge in [-0.05, 0) is 45.9 Å². The number of hydrogen-bond acceptors (Lipinski definition) is 2. The highest BCUT2D eigenvalue weighted by molar-refractivity contribution is 9.10. The summed E-state index contributed by atoms with van der Waals surface area (Å²) in [5.74, 6) is -0.301. The summed E-state index contributed by atoms with van der Waals surface area (Å²) in [7, 11) is 0. The van der Waals surface area contributed by atoms with E-state index in [0.29, 0.717) is 10.9 Å². The van der Waals surface area contributed by atoms with Crippen LogP contribution in [0.15, 0.2) is 40.2 Å². The molecule has 1 unspecified atom stereocenters. The van der Waals surface area contributed by atoms with Gasteiger partial charge >= 0.3 is 0 Å². The second-order valence-electron chi connectivity index (χ2n) is 4.14. The van der Waals surface area contributed by atoms with Crippen LogP contribution in [-0.4, -0.2) is 5.11 Å². The maximum atomic E-state index is 13.4. The maximum absolute atomic E-state index is 13.4. The van der Waals surface area contributed by atoms with Crippen molar-refractivity contribution in [3.8, 4) is 0 Å². The van der Waals surface area contributed by atoms with Gasteiger partial charge in [0.1, 0.15) is 5.82 Å². The third-order valence-electron chi connectivity index (χ3n) is 2.62. The molecule has 1 nitrogen and oxygen atoms in total. The van der Waals surface area contributed by atoms with E-state index < -0.39 is 5.60 Å². The first-order valence-corrected chi connectivity index (χ1v) is 6.87. The van der Waals surface area contributed by atoms with Crippen LogP contribution in [0.4, 0.5) is 4.39 Å². The quantitative estimate of drug-likeness (QED) is 0.904. The standard InChI is InChI=1S/C13H12BrFOS/c1-13(16,11-6-3-7-17-11)8-9-4-2-5-10(15)12(9)14/h2-7,16H,8H2,1H3. The Morgan fingerprint density at radius 1 is 1.35 bits per heavy atom. The van der Waals surface area contributed by atoms with Gasteiger partial charge in [0.15, 0.2) is 0 Å². The van der Waals surface area contributed by atoms with Crippen molar-refractivity contribution in [3.05, 3.63) is 56.4 Å². The molecule has 0 fully saturated rings. The van der Waals surface area contributed by atoms with Crippen LogP contribution < -0.4 is 0 Å². The summed E-state index contributed by atoms with van der Waals surface area (Å²) in [6, 6.07) is 8.65. The lowest BCUT2D eigenvalue weighted by molar-refractivity contribution is 0.0612. The molecule has 1 aromatic heterocycles. The van der Waals surface area contributed by atoms with Crippen LogP contribution in [0, 0.1) is 5.82 Å². The van der Waals surface area contributed by atoms with E-state index in [-0.39, 0.29) is 5.82 Å². The van der Waals surface area contributed by atoms with Gasteiger partial charge in [0.05, 0.1) is 10.1 Å². The number of aliphatic hydroxyl groups is 1. The van der Waals surface area contributed by atoms with Gasteiger partial charge in [-0.15, -0.1) is 11.3 Å². The van der Waals surface area contributed by atoms with Gasteiger partial charge in [-0.25, -0.2) is 4.39 Å². The molecule has 90 valence electrons. The molecule has 0 amide bonds. The molecule has 0 bridgehead atoms. The summed E-state index contributed by atoms with van der Waals surface area (Å²) in [6.07, 6.45) is 0.381. The topological polar surface area (TPSA) is 20.2 Å². The largest absolute Gasteiger partial charge is 0.384 e. The van der Waals surface area contributed by atoms with Gasteiger partial charge in [0.2, 0.25) is 0 Å². The van der Waals surface area contributed by atoms with E-state index in [1.54, 1.807) is 13.0 Å². The van der Waals surface area contributed by atoms with Crippen LogP contribution in [0.25, 0.3) is 0 Å². The van der Waals surface area contributed by atoms with Crippen LogP contribution in [0.2, 0.25) is 0 Å². The lowest BCUT2D eigenvalue weighted by atomic mass is 9.95. The SMILES string of the molecule is CC(O)(Cc1cccc(F)c1Br)c1cccs1. The molecule has 0 aliphatic carbocycles. The van der Waals surface area contributed by atoms with Crippen molar-refractivity contribution in [2.75, 3.05) is 0 Å². The van der Waals surface area contributed by atoms with Gasteiger partial charge in [0, 0.05) is 11.3 Å². The molecule has 1 N–H and O–H groups in total. The first kappa shape index (κ1) is 12.7. The third-order valence-corrected chi connectivity index (χ3v) is 4.63. The minimum absolute atomic E-state index is 0.301. The monoisotopic (exact) mass is 314 g/mol.